The third kappa shape index (κ3) is 4.92. The number of aromatic nitrogens is 2. The van der Waals surface area contributed by atoms with Crippen molar-refractivity contribution >= 4 is 59.5 Å². The molecule has 10 aromatic rings. The third-order valence-corrected chi connectivity index (χ3v) is 10.7. The van der Waals surface area contributed by atoms with Crippen LogP contribution in [0.1, 0.15) is 0 Å². The molecule has 0 bridgehead atoms. The molecule has 0 unspecified atom stereocenters. The summed E-state index contributed by atoms with van der Waals surface area (Å²) in [5.41, 5.74) is 14.2. The Hall–Kier alpha value is -6.16. The van der Waals surface area contributed by atoms with Gasteiger partial charge < -0.3 is 9.13 Å². The van der Waals surface area contributed by atoms with Crippen molar-refractivity contribution in [3.05, 3.63) is 193 Å². The lowest BCUT2D eigenvalue weighted by molar-refractivity contribution is 1.18. The van der Waals surface area contributed by atoms with Crippen molar-refractivity contribution in [3.63, 3.8) is 0 Å². The van der Waals surface area contributed by atoms with Crippen LogP contribution < -0.4 is 0 Å². The fraction of sp³-hybridized carbons (Fsp3) is 0. The molecule has 3 heteroatoms. The van der Waals surface area contributed by atoms with Crippen LogP contribution in [0.15, 0.2) is 193 Å². The number of hydrogen-bond acceptors (Lipinski definition) is 0. The number of nitrogens with zero attached hydrogens (tertiary/aromatic N) is 2. The Balaban J connectivity index is 1.26. The van der Waals surface area contributed by atoms with Gasteiger partial charge in [0.2, 0.25) is 0 Å². The maximum absolute atomic E-state index is 3.65. The highest BCUT2D eigenvalue weighted by Gasteiger charge is 2.18. The zero-order valence-electron chi connectivity index (χ0n) is 27.7. The lowest BCUT2D eigenvalue weighted by atomic mass is 9.92. The van der Waals surface area contributed by atoms with Gasteiger partial charge in [-0.3, -0.25) is 0 Å². The Bertz CT molecular complexity index is 2900. The van der Waals surface area contributed by atoms with Gasteiger partial charge in [0, 0.05) is 43.0 Å². The van der Waals surface area contributed by atoms with E-state index in [0.717, 1.165) is 15.8 Å². The smallest absolute Gasteiger partial charge is 0.0619 e. The van der Waals surface area contributed by atoms with Crippen molar-refractivity contribution < 1.29 is 0 Å². The molecule has 2 nitrogen and oxygen atoms in total. The zero-order chi connectivity index (χ0) is 33.9. The van der Waals surface area contributed by atoms with Crippen molar-refractivity contribution in [3.8, 4) is 44.8 Å². The van der Waals surface area contributed by atoms with Crippen LogP contribution in [0.25, 0.3) is 88.4 Å². The minimum absolute atomic E-state index is 1.07. The quantitative estimate of drug-likeness (QED) is 0.168. The van der Waals surface area contributed by atoms with Crippen LogP contribution in [-0.4, -0.2) is 9.13 Å². The van der Waals surface area contributed by atoms with Gasteiger partial charge >= 0.3 is 0 Å². The minimum Gasteiger partial charge on any atom is -0.309 e. The van der Waals surface area contributed by atoms with Crippen LogP contribution in [0.5, 0.6) is 0 Å². The molecule has 10 rings (SSSR count). The first kappa shape index (κ1) is 29.7. The lowest BCUT2D eigenvalue weighted by Crippen LogP contribution is -1.95. The highest BCUT2D eigenvalue weighted by molar-refractivity contribution is 9.10. The molecule has 240 valence electrons. The lowest BCUT2D eigenvalue weighted by Gasteiger charge is -2.15. The summed E-state index contributed by atoms with van der Waals surface area (Å²) in [6.45, 7) is 0. The van der Waals surface area contributed by atoms with E-state index in [1.165, 1.54) is 77.0 Å². The van der Waals surface area contributed by atoms with E-state index in [-0.39, 0.29) is 0 Å². The van der Waals surface area contributed by atoms with Crippen LogP contribution in [-0.2, 0) is 0 Å². The minimum atomic E-state index is 1.07. The molecule has 0 fully saturated rings. The first-order valence-corrected chi connectivity index (χ1v) is 18.1. The maximum Gasteiger partial charge on any atom is 0.0619 e. The van der Waals surface area contributed by atoms with Gasteiger partial charge in [0.1, 0.15) is 0 Å². The van der Waals surface area contributed by atoms with Crippen LogP contribution in [0.4, 0.5) is 0 Å². The van der Waals surface area contributed by atoms with Gasteiger partial charge in [-0.25, -0.2) is 0 Å². The normalized spacial score (nSPS) is 11.6. The van der Waals surface area contributed by atoms with Crippen LogP contribution in [0, 0.1) is 0 Å². The molecule has 0 amide bonds. The second kappa shape index (κ2) is 12.0. The summed E-state index contributed by atoms with van der Waals surface area (Å²) < 4.78 is 5.89. The van der Waals surface area contributed by atoms with E-state index < -0.39 is 0 Å². The van der Waals surface area contributed by atoms with Crippen molar-refractivity contribution in [1.82, 2.24) is 9.13 Å². The average Bonchev–Trinajstić information content (AvgIpc) is 3.71. The summed E-state index contributed by atoms with van der Waals surface area (Å²) in [5, 5.41) is 5.00. The fourth-order valence-electron chi connectivity index (χ4n) is 7.86. The molecule has 0 aliphatic rings. The second-order valence-electron chi connectivity index (χ2n) is 13.1. The maximum atomic E-state index is 3.65. The first-order valence-electron chi connectivity index (χ1n) is 17.3. The summed E-state index contributed by atoms with van der Waals surface area (Å²) in [6, 6.07) is 68.3. The highest BCUT2D eigenvalue weighted by atomic mass is 79.9. The predicted molar refractivity (Wildman–Crippen MR) is 219 cm³/mol. The van der Waals surface area contributed by atoms with Crippen LogP contribution in [0.3, 0.4) is 0 Å². The molecule has 0 atom stereocenters. The molecule has 2 aromatic heterocycles. The number of para-hydroxylation sites is 5. The van der Waals surface area contributed by atoms with Gasteiger partial charge in [-0.15, -0.1) is 0 Å². The van der Waals surface area contributed by atoms with E-state index in [1.54, 1.807) is 0 Å². The summed E-state index contributed by atoms with van der Waals surface area (Å²) in [6.07, 6.45) is 0. The Labute approximate surface area is 304 Å². The Kier molecular flexibility index (Phi) is 7.00. The van der Waals surface area contributed by atoms with Crippen molar-refractivity contribution in [2.45, 2.75) is 0 Å². The monoisotopic (exact) mass is 714 g/mol. The predicted octanol–water partition coefficient (Wildman–Crippen LogP) is 13.6. The summed E-state index contributed by atoms with van der Waals surface area (Å²) in [4.78, 5) is 0. The topological polar surface area (TPSA) is 9.86 Å². The number of fused-ring (bicyclic) bond motifs is 6. The van der Waals surface area contributed by atoms with Crippen molar-refractivity contribution in [2.24, 2.45) is 0 Å². The van der Waals surface area contributed by atoms with E-state index in [1.807, 2.05) is 0 Å². The molecule has 2 heterocycles. The molecule has 0 N–H and O–H groups in total. The molecule has 51 heavy (non-hydrogen) atoms. The van der Waals surface area contributed by atoms with E-state index in [9.17, 15) is 0 Å². The Morgan fingerprint density at radius 1 is 0.314 bits per heavy atom. The Morgan fingerprint density at radius 2 is 0.824 bits per heavy atom. The number of benzene rings is 8. The van der Waals surface area contributed by atoms with E-state index in [4.69, 9.17) is 0 Å². The standard InChI is InChI=1S/C48H31BrN2/c49-37-25-22-32(23-26-37)34-28-35(33-24-27-43-41-16-7-9-20-45(41)50(47(43)31-33)38-12-3-1-4-13-38)30-36(29-34)40-18-11-19-44-42-17-8-10-21-46(42)51(48(40)44)39-14-5-2-6-15-39/h1-31H. The zero-order valence-corrected chi connectivity index (χ0v) is 29.3. The summed E-state index contributed by atoms with van der Waals surface area (Å²) in [5.74, 6) is 0. The third-order valence-electron chi connectivity index (χ3n) is 10.2. The molecule has 0 radical (unpaired) electrons. The Morgan fingerprint density at radius 3 is 1.53 bits per heavy atom. The van der Waals surface area contributed by atoms with Gasteiger partial charge in [-0.2, -0.15) is 0 Å². The van der Waals surface area contributed by atoms with E-state index in [2.05, 4.69) is 213 Å². The molecular weight excluding hydrogens is 684 g/mol. The van der Waals surface area contributed by atoms with E-state index >= 15 is 0 Å². The van der Waals surface area contributed by atoms with Crippen LogP contribution >= 0.6 is 15.9 Å². The SMILES string of the molecule is Brc1ccc(-c2cc(-c3ccc4c5ccccc5n(-c5ccccc5)c4c3)cc(-c3cccc4c5ccccc5n(-c5ccccc5)c34)c2)cc1. The van der Waals surface area contributed by atoms with Crippen LogP contribution in [0.2, 0.25) is 0 Å². The average molecular weight is 716 g/mol. The number of hydrogen-bond donors (Lipinski definition) is 0. The van der Waals surface area contributed by atoms with Gasteiger partial charge in [0.15, 0.2) is 0 Å². The van der Waals surface area contributed by atoms with Crippen molar-refractivity contribution in [2.75, 3.05) is 0 Å². The number of rotatable bonds is 5. The molecule has 0 aliphatic carbocycles. The first-order chi connectivity index (χ1) is 25.2. The second-order valence-corrected chi connectivity index (χ2v) is 14.0. The van der Waals surface area contributed by atoms with Gasteiger partial charge in [0.05, 0.1) is 22.1 Å². The molecule has 0 aliphatic heterocycles. The molecule has 0 saturated carbocycles. The fourth-order valence-corrected chi connectivity index (χ4v) is 8.13. The van der Waals surface area contributed by atoms with E-state index in [0.29, 0.717) is 0 Å². The molecule has 8 aromatic carbocycles. The van der Waals surface area contributed by atoms with Crippen molar-refractivity contribution in [1.29, 1.82) is 0 Å². The van der Waals surface area contributed by atoms with Gasteiger partial charge in [-0.05, 0) is 101 Å². The number of halogens is 1. The summed E-state index contributed by atoms with van der Waals surface area (Å²) in [7, 11) is 0. The molecule has 0 saturated heterocycles. The molecular formula is C48H31BrN2. The highest BCUT2D eigenvalue weighted by Crippen LogP contribution is 2.42. The summed E-state index contributed by atoms with van der Waals surface area (Å²) >= 11 is 3.65. The largest absolute Gasteiger partial charge is 0.309 e. The van der Waals surface area contributed by atoms with Gasteiger partial charge in [0.25, 0.3) is 0 Å². The van der Waals surface area contributed by atoms with Gasteiger partial charge in [-0.1, -0.05) is 131 Å². The molecule has 0 spiro atoms.